The van der Waals surface area contributed by atoms with Crippen LogP contribution in [0.3, 0.4) is 0 Å². The molecule has 0 unspecified atom stereocenters. The standard InChI is InChI=1S/C16H20N4O2/c21-16(20-8-7-13-11(9-20)10-22-19-13)6-5-15-12-3-1-2-4-14(12)17-18-15/h10H,1-9H2,(H,17,18). The van der Waals surface area contributed by atoms with E-state index in [1.807, 2.05) is 4.90 Å². The van der Waals surface area contributed by atoms with Gasteiger partial charge in [0, 0.05) is 37.1 Å². The second-order valence-corrected chi connectivity index (χ2v) is 6.19. The zero-order chi connectivity index (χ0) is 14.9. The second-order valence-electron chi connectivity index (χ2n) is 6.19. The first-order valence-electron chi connectivity index (χ1n) is 8.06. The van der Waals surface area contributed by atoms with Gasteiger partial charge in [-0.1, -0.05) is 5.16 Å². The molecule has 0 saturated heterocycles. The third-order valence-corrected chi connectivity index (χ3v) is 4.78. The van der Waals surface area contributed by atoms with Crippen LogP contribution in [0.25, 0.3) is 0 Å². The number of aromatic amines is 1. The molecule has 6 nitrogen and oxygen atoms in total. The van der Waals surface area contributed by atoms with E-state index in [-0.39, 0.29) is 5.91 Å². The molecule has 116 valence electrons. The molecular formula is C16H20N4O2. The molecule has 2 aliphatic rings. The number of fused-ring (bicyclic) bond motifs is 2. The number of rotatable bonds is 3. The van der Waals surface area contributed by atoms with Crippen LogP contribution in [0.2, 0.25) is 0 Å². The minimum absolute atomic E-state index is 0.194. The van der Waals surface area contributed by atoms with Crippen LogP contribution in [-0.4, -0.2) is 32.7 Å². The van der Waals surface area contributed by atoms with E-state index in [2.05, 4.69) is 15.4 Å². The van der Waals surface area contributed by atoms with Crippen molar-refractivity contribution in [3.63, 3.8) is 0 Å². The van der Waals surface area contributed by atoms with Crippen molar-refractivity contribution in [2.24, 2.45) is 0 Å². The molecule has 0 radical (unpaired) electrons. The van der Waals surface area contributed by atoms with Crippen molar-refractivity contribution in [3.8, 4) is 0 Å². The van der Waals surface area contributed by atoms with Gasteiger partial charge < -0.3 is 9.42 Å². The molecule has 0 atom stereocenters. The van der Waals surface area contributed by atoms with Crippen LogP contribution in [0, 0.1) is 0 Å². The first-order valence-corrected chi connectivity index (χ1v) is 8.06. The van der Waals surface area contributed by atoms with E-state index in [0.29, 0.717) is 13.0 Å². The number of amides is 1. The number of aryl methyl sites for hydroxylation is 2. The highest BCUT2D eigenvalue weighted by Crippen LogP contribution is 2.23. The highest BCUT2D eigenvalue weighted by molar-refractivity contribution is 5.76. The van der Waals surface area contributed by atoms with E-state index in [0.717, 1.165) is 49.2 Å². The Balaban J connectivity index is 1.38. The fourth-order valence-electron chi connectivity index (χ4n) is 3.49. The summed E-state index contributed by atoms with van der Waals surface area (Å²) in [6, 6.07) is 0. The van der Waals surface area contributed by atoms with Crippen LogP contribution in [0.1, 0.15) is 47.5 Å². The summed E-state index contributed by atoms with van der Waals surface area (Å²) in [4.78, 5) is 14.3. The lowest BCUT2D eigenvalue weighted by atomic mass is 9.94. The van der Waals surface area contributed by atoms with Crippen molar-refractivity contribution in [1.29, 1.82) is 0 Å². The van der Waals surface area contributed by atoms with Crippen LogP contribution < -0.4 is 0 Å². The topological polar surface area (TPSA) is 75.0 Å². The van der Waals surface area contributed by atoms with Gasteiger partial charge in [0.05, 0.1) is 17.9 Å². The van der Waals surface area contributed by atoms with E-state index in [1.165, 1.54) is 24.1 Å². The van der Waals surface area contributed by atoms with Gasteiger partial charge in [0.15, 0.2) is 0 Å². The Labute approximate surface area is 128 Å². The van der Waals surface area contributed by atoms with E-state index in [9.17, 15) is 4.79 Å². The van der Waals surface area contributed by atoms with Crippen molar-refractivity contribution in [3.05, 3.63) is 34.5 Å². The molecule has 0 aromatic carbocycles. The Bertz CT molecular complexity index is 688. The molecule has 2 aromatic heterocycles. The monoisotopic (exact) mass is 300 g/mol. The summed E-state index contributed by atoms with van der Waals surface area (Å²) in [5.41, 5.74) is 5.76. The minimum Gasteiger partial charge on any atom is -0.364 e. The molecule has 6 heteroatoms. The van der Waals surface area contributed by atoms with Gasteiger partial charge in [-0.3, -0.25) is 9.89 Å². The SMILES string of the molecule is O=C(CCc1n[nH]c2c1CCCC2)N1CCc2nocc2C1. The van der Waals surface area contributed by atoms with Gasteiger partial charge in [0.25, 0.3) is 0 Å². The predicted octanol–water partition coefficient (Wildman–Crippen LogP) is 1.79. The maximum atomic E-state index is 12.4. The van der Waals surface area contributed by atoms with Gasteiger partial charge >= 0.3 is 0 Å². The predicted molar refractivity (Wildman–Crippen MR) is 79.2 cm³/mol. The van der Waals surface area contributed by atoms with Gasteiger partial charge in [-0.05, 0) is 31.2 Å². The average molecular weight is 300 g/mol. The smallest absolute Gasteiger partial charge is 0.223 e. The van der Waals surface area contributed by atoms with Crippen molar-refractivity contribution >= 4 is 5.91 Å². The molecule has 1 amide bonds. The Hall–Kier alpha value is -2.11. The summed E-state index contributed by atoms with van der Waals surface area (Å²) in [5.74, 6) is 0.194. The van der Waals surface area contributed by atoms with Crippen LogP contribution in [-0.2, 0) is 37.0 Å². The molecule has 1 N–H and O–H groups in total. The fraction of sp³-hybridized carbons (Fsp3) is 0.562. The first-order chi connectivity index (χ1) is 10.8. The quantitative estimate of drug-likeness (QED) is 0.938. The molecule has 1 aliphatic heterocycles. The number of aromatic nitrogens is 3. The molecule has 0 fully saturated rings. The van der Waals surface area contributed by atoms with E-state index < -0.39 is 0 Å². The number of hydrogen-bond donors (Lipinski definition) is 1. The number of H-pyrrole nitrogens is 1. The lowest BCUT2D eigenvalue weighted by Gasteiger charge is -2.25. The van der Waals surface area contributed by atoms with Gasteiger partial charge in [0.2, 0.25) is 5.91 Å². The fourth-order valence-corrected chi connectivity index (χ4v) is 3.49. The minimum atomic E-state index is 0.194. The molecule has 0 spiro atoms. The lowest BCUT2D eigenvalue weighted by Crippen LogP contribution is -2.35. The summed E-state index contributed by atoms with van der Waals surface area (Å²) in [5, 5.41) is 11.5. The van der Waals surface area contributed by atoms with E-state index in [4.69, 9.17) is 4.52 Å². The summed E-state index contributed by atoms with van der Waals surface area (Å²) in [7, 11) is 0. The average Bonchev–Trinajstić information content (AvgIpc) is 3.18. The van der Waals surface area contributed by atoms with Gasteiger partial charge in [-0.2, -0.15) is 5.10 Å². The van der Waals surface area contributed by atoms with Crippen molar-refractivity contribution in [2.45, 2.75) is 51.5 Å². The van der Waals surface area contributed by atoms with Gasteiger partial charge in [-0.15, -0.1) is 0 Å². The van der Waals surface area contributed by atoms with Crippen molar-refractivity contribution in [1.82, 2.24) is 20.3 Å². The highest BCUT2D eigenvalue weighted by atomic mass is 16.5. The van der Waals surface area contributed by atoms with Crippen LogP contribution >= 0.6 is 0 Å². The van der Waals surface area contributed by atoms with E-state index >= 15 is 0 Å². The van der Waals surface area contributed by atoms with Gasteiger partial charge in [0.1, 0.15) is 6.26 Å². The second kappa shape index (κ2) is 5.59. The molecule has 4 rings (SSSR count). The zero-order valence-corrected chi connectivity index (χ0v) is 12.6. The molecular weight excluding hydrogens is 280 g/mol. The Morgan fingerprint density at radius 1 is 1.32 bits per heavy atom. The normalized spacial score (nSPS) is 17.2. The molecule has 2 aromatic rings. The first kappa shape index (κ1) is 13.5. The van der Waals surface area contributed by atoms with Crippen LogP contribution in [0.5, 0.6) is 0 Å². The molecule has 22 heavy (non-hydrogen) atoms. The Kier molecular flexibility index (Phi) is 3.44. The maximum Gasteiger partial charge on any atom is 0.223 e. The maximum absolute atomic E-state index is 12.4. The third kappa shape index (κ3) is 2.42. The van der Waals surface area contributed by atoms with Crippen LogP contribution in [0.4, 0.5) is 0 Å². The summed E-state index contributed by atoms with van der Waals surface area (Å²) < 4.78 is 4.97. The Morgan fingerprint density at radius 3 is 3.18 bits per heavy atom. The largest absolute Gasteiger partial charge is 0.364 e. The van der Waals surface area contributed by atoms with Crippen molar-refractivity contribution < 1.29 is 9.32 Å². The van der Waals surface area contributed by atoms with Crippen molar-refractivity contribution in [2.75, 3.05) is 6.54 Å². The number of nitrogens with zero attached hydrogens (tertiary/aromatic N) is 3. The zero-order valence-electron chi connectivity index (χ0n) is 12.6. The number of carbonyl (C=O) groups is 1. The third-order valence-electron chi connectivity index (χ3n) is 4.78. The van der Waals surface area contributed by atoms with Crippen LogP contribution in [0.15, 0.2) is 10.8 Å². The number of hydrogen-bond acceptors (Lipinski definition) is 4. The summed E-state index contributed by atoms with van der Waals surface area (Å²) in [6.07, 6.45) is 8.36. The van der Waals surface area contributed by atoms with Gasteiger partial charge in [-0.25, -0.2) is 0 Å². The number of carbonyl (C=O) groups excluding carboxylic acids is 1. The molecule has 0 bridgehead atoms. The number of nitrogens with one attached hydrogen (secondary N) is 1. The lowest BCUT2D eigenvalue weighted by molar-refractivity contribution is -0.132. The molecule has 3 heterocycles. The summed E-state index contributed by atoms with van der Waals surface area (Å²) >= 11 is 0. The molecule has 0 saturated carbocycles. The highest BCUT2D eigenvalue weighted by Gasteiger charge is 2.24. The van der Waals surface area contributed by atoms with E-state index in [1.54, 1.807) is 6.26 Å². The Morgan fingerprint density at radius 2 is 2.23 bits per heavy atom. The summed E-state index contributed by atoms with van der Waals surface area (Å²) in [6.45, 7) is 1.35. The molecule has 1 aliphatic carbocycles.